The minimum Gasteiger partial charge on any atom is -0.356 e. The molecule has 0 aliphatic carbocycles. The molecule has 0 heterocycles. The van der Waals surface area contributed by atoms with Gasteiger partial charge in [-0.1, -0.05) is 5.59 Å². The second-order valence-electron chi connectivity index (χ2n) is 2.72. The van der Waals surface area contributed by atoms with Crippen molar-refractivity contribution in [2.24, 2.45) is 11.6 Å². The highest BCUT2D eigenvalue weighted by Gasteiger charge is 2.01. The first-order valence-corrected chi connectivity index (χ1v) is 5.31. The molecule has 5 nitrogen and oxygen atoms in total. The summed E-state index contributed by atoms with van der Waals surface area (Å²) < 4.78 is 0. The quantitative estimate of drug-likeness (QED) is 0.303. The Labute approximate surface area is 82.5 Å². The van der Waals surface area contributed by atoms with Crippen LogP contribution in [0.25, 0.3) is 0 Å². The van der Waals surface area contributed by atoms with Gasteiger partial charge in [0.05, 0.1) is 6.42 Å². The highest BCUT2D eigenvalue weighted by Crippen LogP contribution is 2.05. The smallest absolute Gasteiger partial charge is 0.327 e. The summed E-state index contributed by atoms with van der Waals surface area (Å²) in [7, 11) is 0. The van der Waals surface area contributed by atoms with Crippen molar-refractivity contribution in [1.29, 1.82) is 0 Å². The van der Waals surface area contributed by atoms with Crippen LogP contribution in [0.15, 0.2) is 0 Å². The predicted octanol–water partition coefficient (Wildman–Crippen LogP) is -0.231. The van der Waals surface area contributed by atoms with E-state index in [1.54, 1.807) is 11.8 Å². The lowest BCUT2D eigenvalue weighted by Crippen LogP contribution is -2.26. The van der Waals surface area contributed by atoms with Gasteiger partial charge < -0.3 is 10.6 Å². The topological polar surface area (TPSA) is 90.4 Å². The first-order valence-electron chi connectivity index (χ1n) is 4.15. The molecule has 0 aromatic heterocycles. The molecule has 0 fully saturated rings. The summed E-state index contributed by atoms with van der Waals surface area (Å²) in [4.78, 5) is 15.1. The van der Waals surface area contributed by atoms with Crippen molar-refractivity contribution in [3.8, 4) is 0 Å². The highest BCUT2D eigenvalue weighted by atomic mass is 32.2. The van der Waals surface area contributed by atoms with Gasteiger partial charge in [-0.2, -0.15) is 11.8 Å². The molecule has 0 aliphatic heterocycles. The van der Waals surface area contributed by atoms with Gasteiger partial charge in [-0.25, -0.2) is 5.84 Å². The van der Waals surface area contributed by atoms with Crippen LogP contribution in [0, 0.1) is 0 Å². The van der Waals surface area contributed by atoms with Crippen LogP contribution in [-0.4, -0.2) is 23.5 Å². The average molecular weight is 207 g/mol. The van der Waals surface area contributed by atoms with E-state index < -0.39 is 0 Å². The lowest BCUT2D eigenvalue weighted by Gasteiger charge is -2.04. The largest absolute Gasteiger partial charge is 0.356 e. The van der Waals surface area contributed by atoms with Gasteiger partial charge >= 0.3 is 5.97 Å². The van der Waals surface area contributed by atoms with Crippen molar-refractivity contribution in [2.45, 2.75) is 25.8 Å². The fraction of sp³-hybridized carbons (Fsp3) is 0.857. The maximum Gasteiger partial charge on any atom is 0.327 e. The summed E-state index contributed by atoms with van der Waals surface area (Å²) in [6, 6.07) is 0.227. The number of hydrogen-bond acceptors (Lipinski definition) is 6. The molecule has 0 saturated carbocycles. The molecule has 0 aliphatic rings. The number of thioether (sulfide) groups is 1. The SMILES string of the molecule is CC(N)CCSCCC(=O)ONN. The van der Waals surface area contributed by atoms with Crippen LogP contribution >= 0.6 is 11.8 Å². The molecule has 6 heteroatoms. The average Bonchev–Trinajstić information content (AvgIpc) is 2.03. The molecule has 0 radical (unpaired) electrons. The van der Waals surface area contributed by atoms with Crippen molar-refractivity contribution in [3.05, 3.63) is 0 Å². The molecular formula is C7H17N3O2S. The van der Waals surface area contributed by atoms with Crippen LogP contribution in [0.4, 0.5) is 0 Å². The van der Waals surface area contributed by atoms with Crippen LogP contribution in [0.3, 0.4) is 0 Å². The summed E-state index contributed by atoms with van der Waals surface area (Å²) in [5.41, 5.74) is 7.40. The van der Waals surface area contributed by atoms with Gasteiger partial charge in [-0.05, 0) is 19.1 Å². The number of carbonyl (C=O) groups excluding carboxylic acids is 1. The molecule has 0 amide bonds. The molecule has 1 atom stereocenters. The van der Waals surface area contributed by atoms with Crippen LogP contribution < -0.4 is 17.2 Å². The van der Waals surface area contributed by atoms with Gasteiger partial charge in [-0.3, -0.25) is 4.79 Å². The van der Waals surface area contributed by atoms with E-state index in [1.165, 1.54) is 0 Å². The number of hydrazine groups is 1. The summed E-state index contributed by atoms with van der Waals surface area (Å²) in [5.74, 6) is 6.16. The Bertz CT molecular complexity index is 144. The van der Waals surface area contributed by atoms with Gasteiger partial charge in [0.2, 0.25) is 0 Å². The third-order valence-corrected chi connectivity index (χ3v) is 2.36. The molecule has 0 saturated heterocycles. The third kappa shape index (κ3) is 9.62. The Morgan fingerprint density at radius 2 is 2.31 bits per heavy atom. The highest BCUT2D eigenvalue weighted by molar-refractivity contribution is 7.99. The monoisotopic (exact) mass is 207 g/mol. The summed E-state index contributed by atoms with van der Waals surface area (Å²) in [6.07, 6.45) is 1.34. The van der Waals surface area contributed by atoms with Gasteiger partial charge in [-0.15, -0.1) is 0 Å². The van der Waals surface area contributed by atoms with E-state index in [0.717, 1.165) is 17.9 Å². The third-order valence-electron chi connectivity index (χ3n) is 1.34. The number of carbonyl (C=O) groups is 1. The van der Waals surface area contributed by atoms with Crippen molar-refractivity contribution in [1.82, 2.24) is 5.59 Å². The molecule has 0 bridgehead atoms. The lowest BCUT2D eigenvalue weighted by atomic mass is 10.3. The zero-order valence-corrected chi connectivity index (χ0v) is 8.60. The minimum atomic E-state index is -0.337. The van der Waals surface area contributed by atoms with E-state index in [2.05, 4.69) is 4.84 Å². The number of nitrogens with two attached hydrogens (primary N) is 2. The molecular weight excluding hydrogens is 190 g/mol. The van der Waals surface area contributed by atoms with Gasteiger partial charge in [0, 0.05) is 11.8 Å². The van der Waals surface area contributed by atoms with E-state index in [9.17, 15) is 4.79 Å². The Morgan fingerprint density at radius 3 is 2.85 bits per heavy atom. The van der Waals surface area contributed by atoms with Crippen LogP contribution in [0.2, 0.25) is 0 Å². The molecule has 0 rings (SSSR count). The van der Waals surface area contributed by atoms with E-state index in [4.69, 9.17) is 11.6 Å². The first-order chi connectivity index (χ1) is 6.16. The number of rotatable bonds is 7. The van der Waals surface area contributed by atoms with E-state index in [-0.39, 0.29) is 12.0 Å². The fourth-order valence-electron chi connectivity index (χ4n) is 0.644. The molecule has 0 aromatic carbocycles. The standard InChI is InChI=1S/C7H17N3O2S/c1-6(8)2-4-13-5-3-7(11)12-10-9/h6,10H,2-5,8-9H2,1H3. The maximum atomic E-state index is 10.7. The summed E-state index contributed by atoms with van der Waals surface area (Å²) >= 11 is 1.69. The Morgan fingerprint density at radius 1 is 1.62 bits per heavy atom. The van der Waals surface area contributed by atoms with E-state index in [0.29, 0.717) is 6.42 Å². The Hall–Kier alpha value is -0.300. The molecule has 13 heavy (non-hydrogen) atoms. The maximum absolute atomic E-state index is 10.7. The molecule has 0 aromatic rings. The second-order valence-corrected chi connectivity index (χ2v) is 3.94. The van der Waals surface area contributed by atoms with Crippen molar-refractivity contribution >= 4 is 17.7 Å². The van der Waals surface area contributed by atoms with Crippen molar-refractivity contribution < 1.29 is 9.63 Å². The Kier molecular flexibility index (Phi) is 8.11. The van der Waals surface area contributed by atoms with Crippen LogP contribution in [-0.2, 0) is 9.63 Å². The predicted molar refractivity (Wildman–Crippen MR) is 53.6 cm³/mol. The number of hydrogen-bond donors (Lipinski definition) is 3. The lowest BCUT2D eigenvalue weighted by molar-refractivity contribution is -0.150. The first kappa shape index (κ1) is 12.7. The molecule has 1 unspecified atom stereocenters. The van der Waals surface area contributed by atoms with E-state index in [1.807, 2.05) is 12.5 Å². The molecule has 5 N–H and O–H groups in total. The van der Waals surface area contributed by atoms with Crippen LogP contribution in [0.1, 0.15) is 19.8 Å². The zero-order valence-electron chi connectivity index (χ0n) is 7.79. The minimum absolute atomic E-state index is 0.227. The summed E-state index contributed by atoms with van der Waals surface area (Å²) in [5, 5.41) is 0. The van der Waals surface area contributed by atoms with Crippen molar-refractivity contribution in [3.63, 3.8) is 0 Å². The van der Waals surface area contributed by atoms with E-state index >= 15 is 0 Å². The number of nitrogens with one attached hydrogen (secondary N) is 1. The second kappa shape index (κ2) is 8.31. The summed E-state index contributed by atoms with van der Waals surface area (Å²) in [6.45, 7) is 1.97. The Balaban J connectivity index is 3.11. The molecule has 0 spiro atoms. The van der Waals surface area contributed by atoms with Crippen LogP contribution in [0.5, 0.6) is 0 Å². The zero-order chi connectivity index (χ0) is 10.1. The molecule has 78 valence electrons. The van der Waals surface area contributed by atoms with Gasteiger partial charge in [0.25, 0.3) is 0 Å². The fourth-order valence-corrected chi connectivity index (χ4v) is 1.70. The van der Waals surface area contributed by atoms with Gasteiger partial charge in [0.15, 0.2) is 0 Å². The van der Waals surface area contributed by atoms with Crippen molar-refractivity contribution in [2.75, 3.05) is 11.5 Å². The normalized spacial score (nSPS) is 12.5. The van der Waals surface area contributed by atoms with Gasteiger partial charge in [0.1, 0.15) is 0 Å².